The highest BCUT2D eigenvalue weighted by Gasteiger charge is 2.28. The van der Waals surface area contributed by atoms with Gasteiger partial charge in [-0.1, -0.05) is 25.4 Å². The second-order valence-corrected chi connectivity index (χ2v) is 6.88. The van der Waals surface area contributed by atoms with E-state index in [0.29, 0.717) is 42.4 Å². The number of carbonyl (C=O) groups is 1. The average Bonchev–Trinajstić information content (AvgIpc) is 2.89. The summed E-state index contributed by atoms with van der Waals surface area (Å²) in [5.74, 6) is 3.22. The standard InChI is InChI=1S/C15H25N3O2S/c1-10-5-4-6-11(2)15(10)17-13(19)7-8-14-16-12(9-21-3)18-20-14/h10-11,15H,4-9H2,1-3H3,(H,17,19)/t10-,11+,15?. The van der Waals surface area contributed by atoms with Crippen molar-refractivity contribution in [2.75, 3.05) is 6.26 Å². The van der Waals surface area contributed by atoms with Crippen LogP contribution in [0.1, 0.15) is 51.2 Å². The van der Waals surface area contributed by atoms with Crippen LogP contribution < -0.4 is 5.32 Å². The molecule has 1 aliphatic rings. The van der Waals surface area contributed by atoms with Gasteiger partial charge in [0.25, 0.3) is 0 Å². The van der Waals surface area contributed by atoms with Gasteiger partial charge < -0.3 is 9.84 Å². The van der Waals surface area contributed by atoms with Gasteiger partial charge >= 0.3 is 0 Å². The van der Waals surface area contributed by atoms with Crippen LogP contribution in [0.4, 0.5) is 0 Å². The first kappa shape index (κ1) is 16.3. The Morgan fingerprint density at radius 2 is 2.10 bits per heavy atom. The second-order valence-electron chi connectivity index (χ2n) is 6.02. The molecule has 6 heteroatoms. The van der Waals surface area contributed by atoms with Crippen molar-refractivity contribution in [1.82, 2.24) is 15.5 Å². The van der Waals surface area contributed by atoms with Gasteiger partial charge in [-0.25, -0.2) is 0 Å². The Balaban J connectivity index is 1.78. The molecule has 5 nitrogen and oxygen atoms in total. The Morgan fingerprint density at radius 3 is 2.76 bits per heavy atom. The number of aromatic nitrogens is 2. The van der Waals surface area contributed by atoms with Gasteiger partial charge in [0.05, 0.1) is 5.75 Å². The highest BCUT2D eigenvalue weighted by atomic mass is 32.2. The Morgan fingerprint density at radius 1 is 1.38 bits per heavy atom. The molecular formula is C15H25N3O2S. The Labute approximate surface area is 130 Å². The number of rotatable bonds is 6. The van der Waals surface area contributed by atoms with Crippen molar-refractivity contribution in [3.8, 4) is 0 Å². The highest BCUT2D eigenvalue weighted by Crippen LogP contribution is 2.28. The fraction of sp³-hybridized carbons (Fsp3) is 0.800. The zero-order valence-electron chi connectivity index (χ0n) is 13.1. The van der Waals surface area contributed by atoms with E-state index in [0.717, 1.165) is 5.75 Å². The first-order valence-electron chi connectivity index (χ1n) is 7.70. The molecule has 1 amide bonds. The number of nitrogens with zero attached hydrogens (tertiary/aromatic N) is 2. The van der Waals surface area contributed by atoms with E-state index in [1.54, 1.807) is 11.8 Å². The summed E-state index contributed by atoms with van der Waals surface area (Å²) in [6.45, 7) is 4.46. The maximum absolute atomic E-state index is 12.1. The summed E-state index contributed by atoms with van der Waals surface area (Å²) in [7, 11) is 0. The number of hydrogen-bond acceptors (Lipinski definition) is 5. The molecule has 0 aromatic carbocycles. The van der Waals surface area contributed by atoms with E-state index in [4.69, 9.17) is 4.52 Å². The summed E-state index contributed by atoms with van der Waals surface area (Å²) in [5.41, 5.74) is 0. The SMILES string of the molecule is CSCc1noc(CCC(=O)NC2[C@H](C)CCC[C@@H]2C)n1. The molecule has 1 fully saturated rings. The number of thioether (sulfide) groups is 1. The Hall–Kier alpha value is -1.04. The zero-order valence-corrected chi connectivity index (χ0v) is 13.9. The van der Waals surface area contributed by atoms with E-state index in [2.05, 4.69) is 29.3 Å². The zero-order chi connectivity index (χ0) is 15.2. The van der Waals surface area contributed by atoms with Gasteiger partial charge in [0, 0.05) is 18.9 Å². The smallest absolute Gasteiger partial charge is 0.227 e. The van der Waals surface area contributed by atoms with Crippen molar-refractivity contribution in [1.29, 1.82) is 0 Å². The van der Waals surface area contributed by atoms with Crippen LogP contribution in [0.15, 0.2) is 4.52 Å². The number of hydrogen-bond donors (Lipinski definition) is 1. The lowest BCUT2D eigenvalue weighted by atomic mass is 9.78. The molecule has 21 heavy (non-hydrogen) atoms. The van der Waals surface area contributed by atoms with Gasteiger partial charge in [0.1, 0.15) is 0 Å². The van der Waals surface area contributed by atoms with Crippen LogP contribution in [0.25, 0.3) is 0 Å². The minimum Gasteiger partial charge on any atom is -0.353 e. The van der Waals surface area contributed by atoms with Crippen LogP contribution >= 0.6 is 11.8 Å². The lowest BCUT2D eigenvalue weighted by Crippen LogP contribution is -2.45. The molecule has 0 spiro atoms. The summed E-state index contributed by atoms with van der Waals surface area (Å²) in [6, 6.07) is 0.306. The van der Waals surface area contributed by atoms with E-state index in [1.165, 1.54) is 19.3 Å². The summed E-state index contributed by atoms with van der Waals surface area (Å²) in [6.07, 6.45) is 6.61. The van der Waals surface area contributed by atoms with Gasteiger partial charge in [0.2, 0.25) is 11.8 Å². The van der Waals surface area contributed by atoms with Crippen molar-refractivity contribution in [3.63, 3.8) is 0 Å². The molecule has 0 aliphatic heterocycles. The maximum Gasteiger partial charge on any atom is 0.227 e. The molecule has 0 saturated heterocycles. The van der Waals surface area contributed by atoms with Crippen LogP contribution in [-0.2, 0) is 17.0 Å². The summed E-state index contributed by atoms with van der Waals surface area (Å²) >= 11 is 1.65. The van der Waals surface area contributed by atoms with E-state index >= 15 is 0 Å². The lowest BCUT2D eigenvalue weighted by molar-refractivity contribution is -0.122. The summed E-state index contributed by atoms with van der Waals surface area (Å²) in [5, 5.41) is 7.07. The van der Waals surface area contributed by atoms with E-state index < -0.39 is 0 Å². The monoisotopic (exact) mass is 311 g/mol. The average molecular weight is 311 g/mol. The third kappa shape index (κ3) is 4.73. The largest absolute Gasteiger partial charge is 0.353 e. The Kier molecular flexibility index (Phi) is 6.08. The Bertz CT molecular complexity index is 454. The molecule has 1 aromatic rings. The van der Waals surface area contributed by atoms with Crippen LogP contribution in [0.2, 0.25) is 0 Å². The van der Waals surface area contributed by atoms with Gasteiger partial charge in [-0.2, -0.15) is 16.7 Å². The molecule has 0 bridgehead atoms. The first-order chi connectivity index (χ1) is 10.1. The highest BCUT2D eigenvalue weighted by molar-refractivity contribution is 7.97. The molecule has 1 N–H and O–H groups in total. The molecular weight excluding hydrogens is 286 g/mol. The summed E-state index contributed by atoms with van der Waals surface area (Å²) < 4.78 is 5.15. The molecule has 0 radical (unpaired) electrons. The summed E-state index contributed by atoms with van der Waals surface area (Å²) in [4.78, 5) is 16.4. The van der Waals surface area contributed by atoms with Crippen LogP contribution in [0, 0.1) is 11.8 Å². The van der Waals surface area contributed by atoms with E-state index in [-0.39, 0.29) is 5.91 Å². The van der Waals surface area contributed by atoms with Gasteiger partial charge in [0.15, 0.2) is 5.82 Å². The minimum atomic E-state index is 0.0882. The molecule has 1 heterocycles. The third-order valence-corrected chi connectivity index (χ3v) is 4.77. The fourth-order valence-electron chi connectivity index (χ4n) is 3.02. The molecule has 1 saturated carbocycles. The minimum absolute atomic E-state index is 0.0882. The number of carbonyl (C=O) groups excluding carboxylic acids is 1. The maximum atomic E-state index is 12.1. The molecule has 3 atom stereocenters. The third-order valence-electron chi connectivity index (χ3n) is 4.22. The number of aryl methyl sites for hydroxylation is 1. The van der Waals surface area contributed by atoms with Crippen molar-refractivity contribution in [2.45, 2.75) is 57.7 Å². The molecule has 118 valence electrons. The van der Waals surface area contributed by atoms with Crippen molar-refractivity contribution in [3.05, 3.63) is 11.7 Å². The molecule has 2 rings (SSSR count). The number of amides is 1. The lowest BCUT2D eigenvalue weighted by Gasteiger charge is -2.35. The van der Waals surface area contributed by atoms with Gasteiger partial charge in [-0.05, 0) is 30.9 Å². The fourth-order valence-corrected chi connectivity index (χ4v) is 3.40. The van der Waals surface area contributed by atoms with E-state index in [1.807, 2.05) is 6.26 Å². The molecule has 1 aliphatic carbocycles. The predicted octanol–water partition coefficient (Wildman–Crippen LogP) is 2.81. The normalized spacial score (nSPS) is 25.8. The quantitative estimate of drug-likeness (QED) is 0.875. The molecule has 1 aromatic heterocycles. The van der Waals surface area contributed by atoms with Crippen molar-refractivity contribution < 1.29 is 9.32 Å². The van der Waals surface area contributed by atoms with Crippen LogP contribution in [0.3, 0.4) is 0 Å². The van der Waals surface area contributed by atoms with E-state index in [9.17, 15) is 4.79 Å². The van der Waals surface area contributed by atoms with Crippen LogP contribution in [-0.4, -0.2) is 28.3 Å². The molecule has 1 unspecified atom stereocenters. The van der Waals surface area contributed by atoms with Crippen LogP contribution in [0.5, 0.6) is 0 Å². The van der Waals surface area contributed by atoms with Crippen molar-refractivity contribution in [2.24, 2.45) is 11.8 Å². The number of nitrogens with one attached hydrogen (secondary N) is 1. The topological polar surface area (TPSA) is 68.0 Å². The van der Waals surface area contributed by atoms with Gasteiger partial charge in [-0.15, -0.1) is 0 Å². The predicted molar refractivity (Wildman–Crippen MR) is 83.9 cm³/mol. The first-order valence-corrected chi connectivity index (χ1v) is 9.09. The van der Waals surface area contributed by atoms with Gasteiger partial charge in [-0.3, -0.25) is 4.79 Å². The second kappa shape index (κ2) is 7.82. The van der Waals surface area contributed by atoms with Crippen molar-refractivity contribution >= 4 is 17.7 Å².